The second-order valence-electron chi connectivity index (χ2n) is 4.12. The van der Waals surface area contributed by atoms with Crippen molar-refractivity contribution < 1.29 is 4.79 Å². The number of nitrogens with one attached hydrogen (secondary N) is 2. The van der Waals surface area contributed by atoms with Crippen molar-refractivity contribution in [2.75, 3.05) is 32.7 Å². The van der Waals surface area contributed by atoms with Gasteiger partial charge in [-0.1, -0.05) is 0 Å². The Morgan fingerprint density at radius 2 is 1.93 bits per heavy atom. The van der Waals surface area contributed by atoms with Crippen LogP contribution in [0, 0.1) is 0 Å². The number of hydrogen-bond acceptors (Lipinski definition) is 3. The normalized spacial score (nSPS) is 30.9. The summed E-state index contributed by atoms with van der Waals surface area (Å²) in [5.41, 5.74) is 0. The number of carbonyl (C=O) groups is 1. The summed E-state index contributed by atoms with van der Waals surface area (Å²) in [6, 6.07) is 0.621. The molecule has 2 heterocycles. The van der Waals surface area contributed by atoms with Gasteiger partial charge in [-0.25, -0.2) is 0 Å². The van der Waals surface area contributed by atoms with E-state index in [2.05, 4.69) is 15.5 Å². The highest BCUT2D eigenvalue weighted by molar-refractivity contribution is 5.76. The molecule has 1 amide bonds. The predicted octanol–water partition coefficient (Wildman–Crippen LogP) is -0.440. The van der Waals surface area contributed by atoms with E-state index in [0.717, 1.165) is 45.6 Å². The Morgan fingerprint density at radius 3 is 2.71 bits per heavy atom. The van der Waals surface area contributed by atoms with Crippen molar-refractivity contribution in [3.05, 3.63) is 0 Å². The molecule has 2 saturated heterocycles. The molecule has 2 N–H and O–H groups in total. The van der Waals surface area contributed by atoms with Crippen LogP contribution < -0.4 is 10.6 Å². The van der Waals surface area contributed by atoms with Gasteiger partial charge >= 0.3 is 0 Å². The van der Waals surface area contributed by atoms with Gasteiger partial charge in [0.1, 0.15) is 0 Å². The monoisotopic (exact) mass is 197 g/mol. The molecule has 0 saturated carbocycles. The Balaban J connectivity index is 1.86. The van der Waals surface area contributed by atoms with Crippen molar-refractivity contribution in [3.8, 4) is 0 Å². The molecule has 0 aromatic carbocycles. The molecule has 0 aromatic rings. The van der Waals surface area contributed by atoms with Crippen LogP contribution in [-0.2, 0) is 4.79 Å². The second kappa shape index (κ2) is 4.75. The van der Waals surface area contributed by atoms with Crippen molar-refractivity contribution in [2.24, 2.45) is 0 Å². The van der Waals surface area contributed by atoms with Crippen LogP contribution in [0.1, 0.15) is 19.3 Å². The van der Waals surface area contributed by atoms with E-state index in [-0.39, 0.29) is 5.91 Å². The summed E-state index contributed by atoms with van der Waals surface area (Å²) in [5, 5.41) is 6.29. The first-order valence-electron chi connectivity index (χ1n) is 5.58. The highest BCUT2D eigenvalue weighted by atomic mass is 16.1. The first kappa shape index (κ1) is 9.93. The summed E-state index contributed by atoms with van der Waals surface area (Å²) in [6.45, 7) is 5.32. The maximum atomic E-state index is 11.2. The number of nitrogens with zero attached hydrogens (tertiary/aromatic N) is 1. The van der Waals surface area contributed by atoms with E-state index in [9.17, 15) is 4.79 Å². The molecule has 2 rings (SSSR count). The summed E-state index contributed by atoms with van der Waals surface area (Å²) >= 11 is 0. The van der Waals surface area contributed by atoms with Gasteiger partial charge in [-0.15, -0.1) is 0 Å². The summed E-state index contributed by atoms with van der Waals surface area (Å²) in [7, 11) is 0. The van der Waals surface area contributed by atoms with Crippen LogP contribution in [0.3, 0.4) is 0 Å². The Bertz CT molecular complexity index is 202. The lowest BCUT2D eigenvalue weighted by atomic mass is 10.1. The SMILES string of the molecule is O=C1CC[C@@H](N2CCNCC2)CCN1. The van der Waals surface area contributed by atoms with Crippen molar-refractivity contribution >= 4 is 5.91 Å². The molecule has 0 unspecified atom stereocenters. The maximum absolute atomic E-state index is 11.2. The lowest BCUT2D eigenvalue weighted by Crippen LogP contribution is -2.48. The molecule has 4 heteroatoms. The van der Waals surface area contributed by atoms with Crippen LogP contribution in [0.2, 0.25) is 0 Å². The van der Waals surface area contributed by atoms with Crippen molar-refractivity contribution in [3.63, 3.8) is 0 Å². The fraction of sp³-hybridized carbons (Fsp3) is 0.900. The van der Waals surface area contributed by atoms with Gasteiger partial charge in [-0.3, -0.25) is 9.69 Å². The Morgan fingerprint density at radius 1 is 1.14 bits per heavy atom. The third-order valence-corrected chi connectivity index (χ3v) is 3.17. The van der Waals surface area contributed by atoms with E-state index in [1.54, 1.807) is 0 Å². The van der Waals surface area contributed by atoms with Crippen LogP contribution in [0.15, 0.2) is 0 Å². The molecule has 4 nitrogen and oxygen atoms in total. The van der Waals surface area contributed by atoms with Crippen molar-refractivity contribution in [1.29, 1.82) is 0 Å². The minimum atomic E-state index is 0.225. The fourth-order valence-electron chi connectivity index (χ4n) is 2.32. The molecule has 0 aliphatic carbocycles. The molecule has 0 spiro atoms. The summed E-state index contributed by atoms with van der Waals surface area (Å²) in [4.78, 5) is 13.7. The van der Waals surface area contributed by atoms with Crippen LogP contribution in [0.5, 0.6) is 0 Å². The number of carbonyl (C=O) groups excluding carboxylic acids is 1. The Labute approximate surface area is 85.0 Å². The zero-order valence-corrected chi connectivity index (χ0v) is 8.59. The van der Waals surface area contributed by atoms with Gasteiger partial charge in [0.2, 0.25) is 5.91 Å². The van der Waals surface area contributed by atoms with Crippen LogP contribution in [0.4, 0.5) is 0 Å². The average molecular weight is 197 g/mol. The maximum Gasteiger partial charge on any atom is 0.220 e. The number of rotatable bonds is 1. The van der Waals surface area contributed by atoms with E-state index >= 15 is 0 Å². The number of piperazine rings is 1. The van der Waals surface area contributed by atoms with Gasteiger partial charge in [-0.2, -0.15) is 0 Å². The van der Waals surface area contributed by atoms with Gasteiger partial charge in [0, 0.05) is 45.2 Å². The summed E-state index contributed by atoms with van der Waals surface area (Å²) in [5.74, 6) is 0.225. The van der Waals surface area contributed by atoms with E-state index < -0.39 is 0 Å². The van der Waals surface area contributed by atoms with E-state index in [0.29, 0.717) is 12.5 Å². The minimum Gasteiger partial charge on any atom is -0.356 e. The fourth-order valence-corrected chi connectivity index (χ4v) is 2.32. The Hall–Kier alpha value is -0.610. The standard InChI is InChI=1S/C10H19N3O/c14-10-2-1-9(3-4-12-10)13-7-5-11-6-8-13/h9,11H,1-8H2,(H,12,14)/t9-/m1/s1. The molecule has 0 aromatic heterocycles. The van der Waals surface area contributed by atoms with Gasteiger partial charge in [0.25, 0.3) is 0 Å². The molecule has 0 bridgehead atoms. The molecule has 2 aliphatic heterocycles. The summed E-state index contributed by atoms with van der Waals surface area (Å²) < 4.78 is 0. The number of amides is 1. The molecule has 1 atom stereocenters. The topological polar surface area (TPSA) is 44.4 Å². The minimum absolute atomic E-state index is 0.225. The lowest BCUT2D eigenvalue weighted by Gasteiger charge is -2.34. The Kier molecular flexibility index (Phi) is 3.37. The highest BCUT2D eigenvalue weighted by Crippen LogP contribution is 2.14. The molecular formula is C10H19N3O. The highest BCUT2D eigenvalue weighted by Gasteiger charge is 2.23. The van der Waals surface area contributed by atoms with Crippen molar-refractivity contribution in [1.82, 2.24) is 15.5 Å². The van der Waals surface area contributed by atoms with E-state index in [1.165, 1.54) is 0 Å². The van der Waals surface area contributed by atoms with E-state index in [1.807, 2.05) is 0 Å². The lowest BCUT2D eigenvalue weighted by molar-refractivity contribution is -0.120. The third kappa shape index (κ3) is 2.45. The second-order valence-corrected chi connectivity index (χ2v) is 4.12. The molecule has 2 aliphatic rings. The number of hydrogen-bond donors (Lipinski definition) is 2. The summed E-state index contributed by atoms with van der Waals surface area (Å²) in [6.07, 6.45) is 2.85. The zero-order chi connectivity index (χ0) is 9.80. The van der Waals surface area contributed by atoms with Gasteiger partial charge in [-0.05, 0) is 12.8 Å². The first-order chi connectivity index (χ1) is 6.86. The predicted molar refractivity (Wildman–Crippen MR) is 55.1 cm³/mol. The quantitative estimate of drug-likeness (QED) is 0.599. The average Bonchev–Trinajstić information content (AvgIpc) is 2.44. The molecular weight excluding hydrogens is 178 g/mol. The van der Waals surface area contributed by atoms with Gasteiger partial charge in [0.15, 0.2) is 0 Å². The van der Waals surface area contributed by atoms with Gasteiger partial charge in [0.05, 0.1) is 0 Å². The zero-order valence-electron chi connectivity index (χ0n) is 8.59. The first-order valence-corrected chi connectivity index (χ1v) is 5.58. The van der Waals surface area contributed by atoms with E-state index in [4.69, 9.17) is 0 Å². The van der Waals surface area contributed by atoms with Gasteiger partial charge < -0.3 is 10.6 Å². The molecule has 80 valence electrons. The largest absolute Gasteiger partial charge is 0.356 e. The molecule has 2 fully saturated rings. The smallest absolute Gasteiger partial charge is 0.220 e. The van der Waals surface area contributed by atoms with Crippen LogP contribution in [-0.4, -0.2) is 49.6 Å². The van der Waals surface area contributed by atoms with Crippen molar-refractivity contribution in [2.45, 2.75) is 25.3 Å². The third-order valence-electron chi connectivity index (χ3n) is 3.17. The van der Waals surface area contributed by atoms with Crippen LogP contribution in [0.25, 0.3) is 0 Å². The molecule has 0 radical (unpaired) electrons. The van der Waals surface area contributed by atoms with Crippen LogP contribution >= 0.6 is 0 Å². The molecule has 14 heavy (non-hydrogen) atoms.